The van der Waals surface area contributed by atoms with Crippen LogP contribution < -0.4 is 5.32 Å². The largest absolute Gasteiger partial charge is 0.383 e. The summed E-state index contributed by atoms with van der Waals surface area (Å²) in [6.45, 7) is 17.2. The molecule has 1 heterocycles. The van der Waals surface area contributed by atoms with Gasteiger partial charge in [-0.1, -0.05) is 57.0 Å². The lowest BCUT2D eigenvalue weighted by Crippen LogP contribution is -2.72. The molecule has 9 nitrogen and oxygen atoms in total. The van der Waals surface area contributed by atoms with Crippen LogP contribution in [-0.2, 0) is 19.1 Å². The summed E-state index contributed by atoms with van der Waals surface area (Å²) in [5.74, 6) is -0.396. The summed E-state index contributed by atoms with van der Waals surface area (Å²) in [6, 6.07) is 7.70. The van der Waals surface area contributed by atoms with Gasteiger partial charge >= 0.3 is 6.03 Å². The first-order chi connectivity index (χ1) is 19.1. The lowest BCUT2D eigenvalue weighted by Gasteiger charge is -2.53. The van der Waals surface area contributed by atoms with Crippen molar-refractivity contribution >= 4 is 17.8 Å². The average Bonchev–Trinajstić information content (AvgIpc) is 2.93. The summed E-state index contributed by atoms with van der Waals surface area (Å²) < 4.78 is 11.4. The third-order valence-electron chi connectivity index (χ3n) is 8.26. The number of urea groups is 1. The molecule has 40 heavy (non-hydrogen) atoms. The van der Waals surface area contributed by atoms with Gasteiger partial charge in [0.2, 0.25) is 11.8 Å². The predicted octanol–water partition coefficient (Wildman–Crippen LogP) is 4.74. The Labute approximate surface area is 241 Å². The summed E-state index contributed by atoms with van der Waals surface area (Å²) in [6.07, 6.45) is 1.90. The molecule has 4 amide bonds. The first-order valence-electron chi connectivity index (χ1n) is 14.9. The van der Waals surface area contributed by atoms with Crippen molar-refractivity contribution in [2.24, 2.45) is 5.41 Å². The third kappa shape index (κ3) is 8.04. The molecule has 0 spiro atoms. The van der Waals surface area contributed by atoms with Crippen LogP contribution in [0.3, 0.4) is 0 Å². The van der Waals surface area contributed by atoms with Crippen LogP contribution >= 0.6 is 0 Å². The van der Waals surface area contributed by atoms with E-state index in [1.54, 1.807) is 12.0 Å². The molecule has 9 heteroatoms. The Morgan fingerprint density at radius 1 is 1.05 bits per heavy atom. The van der Waals surface area contributed by atoms with E-state index in [1.165, 1.54) is 4.90 Å². The van der Waals surface area contributed by atoms with Gasteiger partial charge in [0, 0.05) is 39.3 Å². The molecule has 226 valence electrons. The van der Waals surface area contributed by atoms with Gasteiger partial charge in [-0.15, -0.1) is 0 Å². The van der Waals surface area contributed by atoms with Gasteiger partial charge in [0.05, 0.1) is 18.1 Å². The lowest BCUT2D eigenvalue weighted by molar-refractivity contribution is -0.212. The van der Waals surface area contributed by atoms with E-state index in [1.807, 2.05) is 52.0 Å². The number of likely N-dealkylation sites (tertiary alicyclic amines) is 1. The summed E-state index contributed by atoms with van der Waals surface area (Å²) >= 11 is 0. The van der Waals surface area contributed by atoms with Gasteiger partial charge in [-0.25, -0.2) is 9.69 Å². The number of carbonyl (C=O) groups excluding carboxylic acids is 3. The highest BCUT2D eigenvalue weighted by Gasteiger charge is 2.62. The third-order valence-corrected chi connectivity index (χ3v) is 8.26. The number of likely N-dealkylation sites (N-methyl/N-ethyl adjacent to an activating group) is 1. The van der Waals surface area contributed by atoms with Gasteiger partial charge in [0.25, 0.3) is 0 Å². The number of aryl methyl sites for hydroxylation is 1. The highest BCUT2D eigenvalue weighted by Crippen LogP contribution is 2.46. The van der Waals surface area contributed by atoms with Gasteiger partial charge in [-0.2, -0.15) is 0 Å². The normalized spacial score (nSPS) is 17.2. The molecule has 2 atom stereocenters. The highest BCUT2D eigenvalue weighted by molar-refractivity contribution is 6.03. The molecule has 1 fully saturated rings. The number of nitrogens with one attached hydrogen (secondary N) is 1. The molecule has 0 aliphatic carbocycles. The van der Waals surface area contributed by atoms with Crippen LogP contribution in [0.15, 0.2) is 24.3 Å². The fourth-order valence-corrected chi connectivity index (χ4v) is 5.38. The van der Waals surface area contributed by atoms with Crippen molar-refractivity contribution in [1.29, 1.82) is 0 Å². The van der Waals surface area contributed by atoms with E-state index in [4.69, 9.17) is 9.47 Å². The van der Waals surface area contributed by atoms with Crippen molar-refractivity contribution in [2.45, 2.75) is 92.5 Å². The number of hydrogen-bond donors (Lipinski definition) is 1. The smallest absolute Gasteiger partial charge is 0.326 e. The second kappa shape index (κ2) is 16.1. The maximum atomic E-state index is 13.5. The van der Waals surface area contributed by atoms with Crippen molar-refractivity contribution in [3.8, 4) is 0 Å². The molecule has 1 aliphatic heterocycles. The molecule has 2 unspecified atom stereocenters. The zero-order valence-electron chi connectivity index (χ0n) is 26.0. The number of hydrogen-bond acceptors (Lipinski definition) is 6. The zero-order chi connectivity index (χ0) is 29.9. The second-order valence-corrected chi connectivity index (χ2v) is 11.0. The second-order valence-electron chi connectivity index (χ2n) is 11.0. The summed E-state index contributed by atoms with van der Waals surface area (Å²) in [4.78, 5) is 45.2. The minimum atomic E-state index is -0.812. The molecule has 0 bridgehead atoms. The topological polar surface area (TPSA) is 91.4 Å². The van der Waals surface area contributed by atoms with Crippen LogP contribution in [0, 0.1) is 12.3 Å². The molecule has 1 aromatic rings. The van der Waals surface area contributed by atoms with E-state index in [0.717, 1.165) is 37.1 Å². The van der Waals surface area contributed by atoms with E-state index >= 15 is 0 Å². The van der Waals surface area contributed by atoms with Gasteiger partial charge in [0.1, 0.15) is 6.61 Å². The standard InChI is InChI=1S/C31H52N4O5/c1-9-13-26(25-16-14-24(7)15-17-25)32-30(38)35-28(37)31(10-2,11-3)29(35)40-22-27(36)33(12-4)18-19-34(23(5)6)20-21-39-8/h14-17,23,26,29H,9-13,18-22H2,1-8H3,(H,32,38). The summed E-state index contributed by atoms with van der Waals surface area (Å²) in [5, 5.41) is 3.06. The minimum Gasteiger partial charge on any atom is -0.383 e. The van der Waals surface area contributed by atoms with Gasteiger partial charge in [-0.05, 0) is 52.5 Å². The first kappa shape index (κ1) is 33.7. The molecule has 0 aromatic heterocycles. The van der Waals surface area contributed by atoms with Crippen LogP contribution in [0.4, 0.5) is 4.79 Å². The monoisotopic (exact) mass is 560 g/mol. The molecule has 1 saturated heterocycles. The van der Waals surface area contributed by atoms with E-state index in [9.17, 15) is 14.4 Å². The Morgan fingerprint density at radius 3 is 2.23 bits per heavy atom. The molecule has 1 aromatic carbocycles. The molecule has 1 aliphatic rings. The average molecular weight is 561 g/mol. The molecule has 1 N–H and O–H groups in total. The Bertz CT molecular complexity index is 948. The predicted molar refractivity (Wildman–Crippen MR) is 158 cm³/mol. The maximum absolute atomic E-state index is 13.5. The van der Waals surface area contributed by atoms with Gasteiger partial charge in [0.15, 0.2) is 6.23 Å². The number of methoxy groups -OCH3 is 1. The van der Waals surface area contributed by atoms with Gasteiger partial charge < -0.3 is 19.7 Å². The van der Waals surface area contributed by atoms with Crippen LogP contribution in [0.1, 0.15) is 84.4 Å². The molecule has 0 radical (unpaired) electrons. The first-order valence-corrected chi connectivity index (χ1v) is 14.9. The van der Waals surface area contributed by atoms with E-state index in [0.29, 0.717) is 38.6 Å². The van der Waals surface area contributed by atoms with Crippen LogP contribution in [0.2, 0.25) is 0 Å². The number of carbonyl (C=O) groups is 3. The summed E-state index contributed by atoms with van der Waals surface area (Å²) in [5.41, 5.74) is 1.33. The van der Waals surface area contributed by atoms with E-state index < -0.39 is 17.7 Å². The van der Waals surface area contributed by atoms with Crippen LogP contribution in [0.5, 0.6) is 0 Å². The number of benzene rings is 1. The highest BCUT2D eigenvalue weighted by atomic mass is 16.5. The number of β-lactam (4-membered cyclic amide) rings is 1. The fraction of sp³-hybridized carbons (Fsp3) is 0.710. The Kier molecular flexibility index (Phi) is 13.6. The quantitative estimate of drug-likeness (QED) is 0.277. The number of nitrogens with zero attached hydrogens (tertiary/aromatic N) is 3. The summed E-state index contributed by atoms with van der Waals surface area (Å²) in [7, 11) is 1.69. The molecule has 0 saturated carbocycles. The SMILES string of the molecule is CCCC(NC(=O)N1C(=O)C(CC)(CC)C1OCC(=O)N(CC)CCN(CCOC)C(C)C)c1ccc(C)cc1. The fourth-order valence-electron chi connectivity index (χ4n) is 5.38. The maximum Gasteiger partial charge on any atom is 0.326 e. The molecule has 2 rings (SSSR count). The van der Waals surface area contributed by atoms with Gasteiger partial charge in [-0.3, -0.25) is 14.5 Å². The van der Waals surface area contributed by atoms with Crippen molar-refractivity contribution < 1.29 is 23.9 Å². The zero-order valence-corrected chi connectivity index (χ0v) is 26.0. The Hall–Kier alpha value is -2.49. The van der Waals surface area contributed by atoms with Crippen LogP contribution in [0.25, 0.3) is 0 Å². The minimum absolute atomic E-state index is 0.151. The Balaban J connectivity index is 2.12. The van der Waals surface area contributed by atoms with Crippen molar-refractivity contribution in [1.82, 2.24) is 20.0 Å². The van der Waals surface area contributed by atoms with Crippen molar-refractivity contribution in [2.75, 3.05) is 46.5 Å². The lowest BCUT2D eigenvalue weighted by atomic mass is 9.72. The molecular formula is C31H52N4O5. The van der Waals surface area contributed by atoms with Crippen molar-refractivity contribution in [3.05, 3.63) is 35.4 Å². The van der Waals surface area contributed by atoms with E-state index in [-0.39, 0.29) is 24.5 Å². The number of rotatable bonds is 17. The Morgan fingerprint density at radius 2 is 1.70 bits per heavy atom. The van der Waals surface area contributed by atoms with E-state index in [2.05, 4.69) is 31.0 Å². The number of amides is 4. The van der Waals surface area contributed by atoms with Crippen molar-refractivity contribution in [3.63, 3.8) is 0 Å². The number of ether oxygens (including phenoxy) is 2. The molecular weight excluding hydrogens is 508 g/mol. The number of imide groups is 1. The van der Waals surface area contributed by atoms with Crippen LogP contribution in [-0.4, -0.2) is 91.3 Å².